The first-order valence-electron chi connectivity index (χ1n) is 16.5. The number of hydrogen-bond donors (Lipinski definition) is 1. The zero-order valence-corrected chi connectivity index (χ0v) is 26.3. The normalized spacial score (nSPS) is 22.2. The number of aryl methyl sites for hydroxylation is 1. The van der Waals surface area contributed by atoms with Crippen LogP contribution in [0.15, 0.2) is 78.9 Å². The van der Waals surface area contributed by atoms with Crippen molar-refractivity contribution in [1.82, 2.24) is 15.1 Å². The molecule has 0 amide bonds. The molecule has 42 heavy (non-hydrogen) atoms. The second-order valence-corrected chi connectivity index (χ2v) is 13.8. The van der Waals surface area contributed by atoms with Crippen LogP contribution in [0.5, 0.6) is 0 Å². The molecule has 0 bridgehead atoms. The number of fused-ring (bicyclic) bond motifs is 2. The molecule has 0 spiro atoms. The van der Waals surface area contributed by atoms with Crippen molar-refractivity contribution in [2.75, 3.05) is 40.3 Å². The third-order valence-electron chi connectivity index (χ3n) is 10.8. The van der Waals surface area contributed by atoms with Crippen LogP contribution in [0.1, 0.15) is 72.8 Å². The molecule has 1 N–H and O–H groups in total. The molecule has 3 heteroatoms. The van der Waals surface area contributed by atoms with Crippen LogP contribution in [0, 0.1) is 18.8 Å². The van der Waals surface area contributed by atoms with Gasteiger partial charge in [0.25, 0.3) is 0 Å². The third kappa shape index (κ3) is 6.38. The fourth-order valence-corrected chi connectivity index (χ4v) is 7.86. The molecule has 1 saturated heterocycles. The molecule has 1 saturated carbocycles. The van der Waals surface area contributed by atoms with Crippen LogP contribution >= 0.6 is 0 Å². The predicted molar refractivity (Wildman–Crippen MR) is 179 cm³/mol. The minimum Gasteiger partial charge on any atom is -0.383 e. The Hall–Kier alpha value is -2.88. The fourth-order valence-electron chi connectivity index (χ4n) is 7.86. The maximum absolute atomic E-state index is 4.43. The minimum atomic E-state index is 0.261. The van der Waals surface area contributed by atoms with Crippen LogP contribution in [0.3, 0.4) is 0 Å². The molecule has 0 aromatic heterocycles. The molecule has 2 aromatic carbocycles. The zero-order valence-electron chi connectivity index (χ0n) is 26.3. The van der Waals surface area contributed by atoms with E-state index in [1.54, 1.807) is 0 Å². The lowest BCUT2D eigenvalue weighted by atomic mass is 9.80. The Morgan fingerprint density at radius 3 is 2.52 bits per heavy atom. The van der Waals surface area contributed by atoms with Gasteiger partial charge in [0.05, 0.1) is 0 Å². The van der Waals surface area contributed by atoms with Gasteiger partial charge in [-0.2, -0.15) is 0 Å². The van der Waals surface area contributed by atoms with Crippen LogP contribution in [0.2, 0.25) is 0 Å². The van der Waals surface area contributed by atoms with Gasteiger partial charge in [-0.05, 0) is 124 Å². The highest BCUT2D eigenvalue weighted by Crippen LogP contribution is 2.37. The van der Waals surface area contributed by atoms with Gasteiger partial charge in [-0.15, -0.1) is 0 Å². The van der Waals surface area contributed by atoms with Crippen LogP contribution < -0.4 is 5.32 Å². The Balaban J connectivity index is 0.977. The molecule has 1 heterocycles. The second kappa shape index (κ2) is 12.8. The number of likely N-dealkylation sites (tertiary alicyclic amines) is 1. The van der Waals surface area contributed by atoms with E-state index in [0.29, 0.717) is 5.92 Å². The van der Waals surface area contributed by atoms with Crippen molar-refractivity contribution in [3.8, 4) is 0 Å². The van der Waals surface area contributed by atoms with Crippen molar-refractivity contribution < 1.29 is 0 Å². The summed E-state index contributed by atoms with van der Waals surface area (Å²) in [6.07, 6.45) is 21.1. The number of benzene rings is 2. The van der Waals surface area contributed by atoms with Gasteiger partial charge >= 0.3 is 0 Å². The van der Waals surface area contributed by atoms with Gasteiger partial charge in [0.15, 0.2) is 0 Å². The lowest BCUT2D eigenvalue weighted by Gasteiger charge is -2.43. The fraction of sp³-hybridized carbons (Fsp3) is 0.487. The number of nitrogens with zero attached hydrogens (tertiary/aromatic N) is 2. The molecular weight excluding hydrogens is 510 g/mol. The molecule has 3 aliphatic carbocycles. The first kappa shape index (κ1) is 29.2. The molecule has 2 aromatic rings. The van der Waals surface area contributed by atoms with E-state index in [1.165, 1.54) is 103 Å². The summed E-state index contributed by atoms with van der Waals surface area (Å²) in [6, 6.07) is 15.9. The van der Waals surface area contributed by atoms with Crippen LogP contribution in [-0.4, -0.2) is 55.6 Å². The average Bonchev–Trinajstić information content (AvgIpc) is 3.25. The Morgan fingerprint density at radius 1 is 1.00 bits per heavy atom. The first-order chi connectivity index (χ1) is 20.4. The van der Waals surface area contributed by atoms with Gasteiger partial charge in [-0.3, -0.25) is 0 Å². The zero-order chi connectivity index (χ0) is 29.1. The van der Waals surface area contributed by atoms with Gasteiger partial charge in [-0.1, -0.05) is 86.5 Å². The topological polar surface area (TPSA) is 18.5 Å². The van der Waals surface area contributed by atoms with Crippen LogP contribution in [-0.2, 0) is 12.8 Å². The summed E-state index contributed by atoms with van der Waals surface area (Å²) in [5.41, 5.74) is 11.3. The highest BCUT2D eigenvalue weighted by Gasteiger charge is 2.34. The van der Waals surface area contributed by atoms with Gasteiger partial charge in [-0.25, -0.2) is 0 Å². The second-order valence-electron chi connectivity index (χ2n) is 13.8. The molecule has 1 atom stereocenters. The van der Waals surface area contributed by atoms with Crippen molar-refractivity contribution in [2.45, 2.75) is 70.3 Å². The molecule has 3 nitrogen and oxygen atoms in total. The molecule has 0 radical (unpaired) electrons. The summed E-state index contributed by atoms with van der Waals surface area (Å²) < 4.78 is 0. The Kier molecular flexibility index (Phi) is 8.88. The van der Waals surface area contributed by atoms with E-state index < -0.39 is 0 Å². The highest BCUT2D eigenvalue weighted by atomic mass is 15.2. The number of allylic oxidation sites excluding steroid dienone is 4. The Morgan fingerprint density at radius 2 is 1.76 bits per heavy atom. The van der Waals surface area contributed by atoms with E-state index in [4.69, 9.17) is 0 Å². The highest BCUT2D eigenvalue weighted by molar-refractivity contribution is 5.85. The summed E-state index contributed by atoms with van der Waals surface area (Å²) in [7, 11) is 4.48. The smallest absolute Gasteiger partial charge is 0.0375 e. The monoisotopic (exact) mass is 561 g/mol. The number of likely N-dealkylation sites (N-methyl/N-ethyl adjacent to an activating group) is 1. The number of nitrogens with one attached hydrogen (secondary N) is 1. The summed E-state index contributed by atoms with van der Waals surface area (Å²) in [6.45, 7) is 11.3. The minimum absolute atomic E-state index is 0.261. The van der Waals surface area contributed by atoms with Crippen molar-refractivity contribution >= 4 is 11.3 Å². The summed E-state index contributed by atoms with van der Waals surface area (Å²) in [5.74, 6) is 1.28. The number of hydrogen-bond acceptors (Lipinski definition) is 3. The maximum Gasteiger partial charge on any atom is 0.0375 e. The molecular formula is C39H51N3. The lowest BCUT2D eigenvalue weighted by Crippen LogP contribution is -2.52. The molecule has 222 valence electrons. The third-order valence-corrected chi connectivity index (χ3v) is 10.8. The SMILES string of the molecule is C=C(NCC1(N(C)C)CCCCC1)c1ccc(CC2CCN(CC3C=CC4=C(C=C3)c3ccccc3C4)CC2)c(C)c1. The molecule has 2 fully saturated rings. The standard InChI is InChI=1S/C39H51N3/c1-29-24-34(30(2)40-28-39(41(3)4)20-8-5-9-21-39)16-15-33(29)25-31-18-22-42(23-19-31)27-32-12-14-36-26-35-10-6-7-11-37(35)38(36)17-13-32/h6-7,10-17,24,31-32,40H,2,5,8-9,18-23,25-28H2,1,3-4H3. The van der Waals surface area contributed by atoms with Gasteiger partial charge in [0.2, 0.25) is 0 Å². The lowest BCUT2D eigenvalue weighted by molar-refractivity contribution is 0.103. The number of rotatable bonds is 9. The summed E-state index contributed by atoms with van der Waals surface area (Å²) >= 11 is 0. The van der Waals surface area contributed by atoms with E-state index in [0.717, 1.165) is 31.1 Å². The van der Waals surface area contributed by atoms with E-state index >= 15 is 0 Å². The first-order valence-corrected chi connectivity index (χ1v) is 16.5. The Bertz CT molecular complexity index is 1360. The number of piperidine rings is 1. The van der Waals surface area contributed by atoms with Crippen molar-refractivity contribution in [2.24, 2.45) is 11.8 Å². The van der Waals surface area contributed by atoms with Crippen LogP contribution in [0.4, 0.5) is 0 Å². The van der Waals surface area contributed by atoms with Crippen LogP contribution in [0.25, 0.3) is 11.3 Å². The van der Waals surface area contributed by atoms with Gasteiger partial charge < -0.3 is 15.1 Å². The molecule has 6 rings (SSSR count). The largest absolute Gasteiger partial charge is 0.383 e. The maximum atomic E-state index is 4.43. The van der Waals surface area contributed by atoms with Crippen molar-refractivity contribution in [3.05, 3.63) is 107 Å². The van der Waals surface area contributed by atoms with Gasteiger partial charge in [0, 0.05) is 30.2 Å². The summed E-state index contributed by atoms with van der Waals surface area (Å²) in [5, 5.41) is 3.72. The molecule has 4 aliphatic rings. The quantitative estimate of drug-likeness (QED) is 0.337. The van der Waals surface area contributed by atoms with E-state index in [9.17, 15) is 0 Å². The van der Waals surface area contributed by atoms with E-state index in [2.05, 4.69) is 109 Å². The van der Waals surface area contributed by atoms with Crippen molar-refractivity contribution in [1.29, 1.82) is 0 Å². The average molecular weight is 562 g/mol. The van der Waals surface area contributed by atoms with Gasteiger partial charge in [0.1, 0.15) is 0 Å². The van der Waals surface area contributed by atoms with Crippen molar-refractivity contribution in [3.63, 3.8) is 0 Å². The predicted octanol–water partition coefficient (Wildman–Crippen LogP) is 7.83. The van der Waals surface area contributed by atoms with E-state index in [-0.39, 0.29) is 5.54 Å². The Labute approximate surface area is 255 Å². The molecule has 1 aliphatic heterocycles. The van der Waals surface area contributed by atoms with E-state index in [1.807, 2.05) is 0 Å². The molecule has 1 unspecified atom stereocenters. The summed E-state index contributed by atoms with van der Waals surface area (Å²) in [4.78, 5) is 5.14.